The van der Waals surface area contributed by atoms with E-state index in [0.717, 1.165) is 40.7 Å². The van der Waals surface area contributed by atoms with Gasteiger partial charge in [-0.3, -0.25) is 8.97 Å². The van der Waals surface area contributed by atoms with Crippen LogP contribution in [0.4, 0.5) is 0 Å². The average molecular weight is 690 g/mol. The molecule has 0 saturated heterocycles. The van der Waals surface area contributed by atoms with Crippen molar-refractivity contribution in [3.05, 3.63) is 119 Å². The Labute approximate surface area is 310 Å². The number of imidazole rings is 1. The van der Waals surface area contributed by atoms with Crippen LogP contribution in [-0.4, -0.2) is 20.7 Å². The molecule has 9 aromatic rings. The van der Waals surface area contributed by atoms with E-state index in [1.807, 2.05) is 0 Å². The summed E-state index contributed by atoms with van der Waals surface area (Å²) in [4.78, 5) is 5.57. The summed E-state index contributed by atoms with van der Waals surface area (Å²) in [6.45, 7) is 14.1. The lowest BCUT2D eigenvalue weighted by Crippen LogP contribution is -2.58. The zero-order valence-corrected chi connectivity index (χ0v) is 31.5. The number of benzene rings is 6. The van der Waals surface area contributed by atoms with Crippen molar-refractivity contribution in [2.45, 2.75) is 85.0 Å². The fraction of sp³-hybridized carbons (Fsp3) is 0.271. The molecule has 0 spiro atoms. The van der Waals surface area contributed by atoms with Crippen LogP contribution in [0.25, 0.3) is 66.2 Å². The zero-order chi connectivity index (χ0) is 35.9. The first-order valence-electron chi connectivity index (χ1n) is 19.8. The molecule has 0 saturated carbocycles. The predicted molar refractivity (Wildman–Crippen MR) is 224 cm³/mol. The lowest BCUT2D eigenvalue weighted by Gasteiger charge is -2.34. The van der Waals surface area contributed by atoms with E-state index in [2.05, 4.69) is 142 Å². The molecule has 4 heterocycles. The molecule has 0 bridgehead atoms. The van der Waals surface area contributed by atoms with E-state index in [1.54, 1.807) is 0 Å². The molecule has 0 fully saturated rings. The molecule has 0 amide bonds. The highest BCUT2D eigenvalue weighted by Gasteiger charge is 2.40. The standard InChI is InChI=1S/C48H44BN3O/c1-26(2)31-24-35(27(3)4)43(36(25-31)28(5)6)49-37-21-18-30-13-11-16-39-42(30)46(37)52(40-23-20-34-33-15-9-10-17-41(33)53-47(34)44(40)49)48-50-38-22-19-29-12-7-8-14-32(29)45(38)51(39)48/h9-11,13,15-28H,7-8,12,14H2,1-6H3. The third-order valence-electron chi connectivity index (χ3n) is 12.7. The van der Waals surface area contributed by atoms with E-state index in [0.29, 0.717) is 17.8 Å². The number of hydrogen-bond acceptors (Lipinski definition) is 2. The van der Waals surface area contributed by atoms with Crippen LogP contribution >= 0.6 is 0 Å². The van der Waals surface area contributed by atoms with Crippen LogP contribution in [0.15, 0.2) is 95.4 Å². The van der Waals surface area contributed by atoms with Gasteiger partial charge in [-0.2, -0.15) is 0 Å². The van der Waals surface area contributed by atoms with Crippen molar-refractivity contribution >= 4 is 83.7 Å². The van der Waals surface area contributed by atoms with E-state index in [9.17, 15) is 0 Å². The Morgan fingerprint density at radius 2 is 1.49 bits per heavy atom. The number of fused-ring (bicyclic) bond motifs is 13. The molecule has 5 heteroatoms. The molecule has 1 aliphatic heterocycles. The van der Waals surface area contributed by atoms with Crippen molar-refractivity contribution in [1.29, 1.82) is 0 Å². The Morgan fingerprint density at radius 3 is 2.28 bits per heavy atom. The third-order valence-corrected chi connectivity index (χ3v) is 12.7. The highest BCUT2D eigenvalue weighted by molar-refractivity contribution is 6.99. The molecular weight excluding hydrogens is 645 g/mol. The summed E-state index contributed by atoms with van der Waals surface area (Å²) < 4.78 is 12.1. The SMILES string of the molecule is CC(C)c1cc(C(C)C)c(B2c3c(ccc4c3oc3ccccc34)-n3c4c2ccc2cccc(c24)n2c4c5c(ccc4nc32)CCCC5)c(C(C)C)c1. The smallest absolute Gasteiger partial charge is 0.252 e. The molecule has 0 unspecified atom stereocenters. The second-order valence-electron chi connectivity index (χ2n) is 16.7. The van der Waals surface area contributed by atoms with E-state index < -0.39 is 0 Å². The highest BCUT2D eigenvalue weighted by atomic mass is 16.3. The van der Waals surface area contributed by atoms with Crippen molar-refractivity contribution in [3.8, 4) is 5.69 Å². The summed E-state index contributed by atoms with van der Waals surface area (Å²) >= 11 is 0. The molecule has 53 heavy (non-hydrogen) atoms. The fourth-order valence-electron chi connectivity index (χ4n) is 10.2. The van der Waals surface area contributed by atoms with E-state index in [-0.39, 0.29) is 6.71 Å². The van der Waals surface area contributed by atoms with Crippen LogP contribution in [0.5, 0.6) is 0 Å². The second-order valence-corrected chi connectivity index (χ2v) is 16.7. The zero-order valence-electron chi connectivity index (χ0n) is 31.5. The first kappa shape index (κ1) is 31.3. The number of aromatic nitrogens is 3. The maximum Gasteiger partial charge on any atom is 0.252 e. The quantitative estimate of drug-likeness (QED) is 0.173. The van der Waals surface area contributed by atoms with Crippen LogP contribution in [-0.2, 0) is 12.8 Å². The van der Waals surface area contributed by atoms with Crippen LogP contribution in [0.1, 0.15) is 100.0 Å². The summed E-state index contributed by atoms with van der Waals surface area (Å²) in [5.41, 5.74) is 19.2. The first-order chi connectivity index (χ1) is 25.8. The molecule has 2 aliphatic rings. The van der Waals surface area contributed by atoms with Crippen LogP contribution < -0.4 is 16.4 Å². The maximum absolute atomic E-state index is 7.04. The Balaban J connectivity index is 1.39. The molecular formula is C48H44BN3O. The van der Waals surface area contributed by atoms with Crippen LogP contribution in [0.2, 0.25) is 0 Å². The molecule has 260 valence electrons. The van der Waals surface area contributed by atoms with Gasteiger partial charge in [0.15, 0.2) is 0 Å². The Morgan fingerprint density at radius 1 is 0.698 bits per heavy atom. The molecule has 6 aromatic carbocycles. The van der Waals surface area contributed by atoms with Gasteiger partial charge >= 0.3 is 0 Å². The van der Waals surface area contributed by atoms with Crippen molar-refractivity contribution in [3.63, 3.8) is 0 Å². The number of para-hydroxylation sites is 1. The minimum atomic E-state index is -0.0299. The van der Waals surface area contributed by atoms with Gasteiger partial charge in [0.2, 0.25) is 5.78 Å². The van der Waals surface area contributed by atoms with Gasteiger partial charge in [-0.05, 0) is 118 Å². The molecule has 0 radical (unpaired) electrons. The van der Waals surface area contributed by atoms with Crippen LogP contribution in [0, 0.1) is 0 Å². The molecule has 0 N–H and O–H groups in total. The molecule has 4 nitrogen and oxygen atoms in total. The van der Waals surface area contributed by atoms with Gasteiger partial charge in [0.1, 0.15) is 11.2 Å². The lowest BCUT2D eigenvalue weighted by molar-refractivity contribution is 0.671. The van der Waals surface area contributed by atoms with Gasteiger partial charge in [0, 0.05) is 21.8 Å². The lowest BCUT2D eigenvalue weighted by atomic mass is 9.33. The normalized spacial score (nSPS) is 14.4. The van der Waals surface area contributed by atoms with E-state index >= 15 is 0 Å². The first-order valence-corrected chi connectivity index (χ1v) is 19.8. The van der Waals surface area contributed by atoms with E-state index in [1.165, 1.54) is 95.4 Å². The Kier molecular flexibility index (Phi) is 6.56. The summed E-state index contributed by atoms with van der Waals surface area (Å²) in [6.07, 6.45) is 4.72. The summed E-state index contributed by atoms with van der Waals surface area (Å²) in [7, 11) is 0. The van der Waals surface area contributed by atoms with Gasteiger partial charge in [0.25, 0.3) is 6.71 Å². The van der Waals surface area contributed by atoms with Gasteiger partial charge < -0.3 is 4.42 Å². The summed E-state index contributed by atoms with van der Waals surface area (Å²) in [6, 6.07) is 34.5. The minimum absolute atomic E-state index is 0.0299. The highest BCUT2D eigenvalue weighted by Crippen LogP contribution is 2.40. The molecule has 0 atom stereocenters. The fourth-order valence-corrected chi connectivity index (χ4v) is 10.2. The van der Waals surface area contributed by atoms with Gasteiger partial charge in [-0.1, -0.05) is 108 Å². The number of furan rings is 1. The van der Waals surface area contributed by atoms with Crippen molar-refractivity contribution in [1.82, 2.24) is 14.0 Å². The molecule has 3 aromatic heterocycles. The Bertz CT molecular complexity index is 2980. The second kappa shape index (κ2) is 11.1. The number of hydrogen-bond donors (Lipinski definition) is 0. The number of nitrogens with zero attached hydrogens (tertiary/aromatic N) is 3. The monoisotopic (exact) mass is 689 g/mol. The van der Waals surface area contributed by atoms with Crippen molar-refractivity contribution in [2.24, 2.45) is 0 Å². The third kappa shape index (κ3) is 4.17. The number of rotatable bonds is 4. The molecule has 1 aliphatic carbocycles. The minimum Gasteiger partial charge on any atom is -0.457 e. The Hall–Kier alpha value is -5.29. The van der Waals surface area contributed by atoms with Crippen molar-refractivity contribution < 1.29 is 4.42 Å². The predicted octanol–water partition coefficient (Wildman–Crippen LogP) is 10.6. The van der Waals surface area contributed by atoms with E-state index in [4.69, 9.17) is 9.40 Å². The average Bonchev–Trinajstić information content (AvgIpc) is 3.75. The molecule has 11 rings (SSSR count). The van der Waals surface area contributed by atoms with Crippen LogP contribution in [0.3, 0.4) is 0 Å². The van der Waals surface area contributed by atoms with Gasteiger partial charge in [-0.15, -0.1) is 0 Å². The van der Waals surface area contributed by atoms with Crippen molar-refractivity contribution in [2.75, 3.05) is 0 Å². The van der Waals surface area contributed by atoms with Gasteiger partial charge in [0.05, 0.1) is 22.1 Å². The number of aryl methyl sites for hydroxylation is 2. The summed E-state index contributed by atoms with van der Waals surface area (Å²) in [5, 5.41) is 4.90. The largest absolute Gasteiger partial charge is 0.457 e. The maximum atomic E-state index is 7.04. The van der Waals surface area contributed by atoms with Gasteiger partial charge in [-0.25, -0.2) is 4.98 Å². The topological polar surface area (TPSA) is 35.4 Å². The summed E-state index contributed by atoms with van der Waals surface area (Å²) in [5.74, 6) is 2.11.